The molecular weight excluding hydrogens is 348 g/mol. The maximum absolute atomic E-state index is 12.4. The van der Waals surface area contributed by atoms with Crippen LogP contribution in [-0.2, 0) is 20.9 Å². The first-order chi connectivity index (χ1) is 13.0. The summed E-state index contributed by atoms with van der Waals surface area (Å²) in [5.74, 6) is 0.0375. The van der Waals surface area contributed by atoms with E-state index in [1.807, 2.05) is 17.0 Å². The minimum absolute atomic E-state index is 0.0684. The minimum atomic E-state index is -0.610. The van der Waals surface area contributed by atoms with Gasteiger partial charge in [-0.05, 0) is 30.9 Å². The molecule has 8 heteroatoms. The summed E-state index contributed by atoms with van der Waals surface area (Å²) in [7, 11) is 1.27. The molecule has 1 spiro atoms. The number of nitrogens with one attached hydrogen (secondary N) is 1. The third-order valence-electron chi connectivity index (χ3n) is 5.43. The zero-order valence-electron chi connectivity index (χ0n) is 15.6. The Balaban J connectivity index is 1.63. The van der Waals surface area contributed by atoms with Gasteiger partial charge >= 0.3 is 6.09 Å². The Labute approximate surface area is 158 Å². The standard InChI is InChI=1S/C19H26N4O4/c1-27-18(26)21-11-17(25)22-9-3-6-19(13-22)7-5-16(24)23(14-19)12-15-4-2-8-20-10-15/h2,4,8,10H,3,5-7,9,11-14H2,1H3,(H,21,26). The number of aromatic nitrogens is 1. The van der Waals surface area contributed by atoms with E-state index in [1.54, 1.807) is 17.3 Å². The summed E-state index contributed by atoms with van der Waals surface area (Å²) < 4.78 is 4.51. The molecule has 2 aliphatic heterocycles. The Morgan fingerprint density at radius 3 is 2.93 bits per heavy atom. The Morgan fingerprint density at radius 2 is 2.19 bits per heavy atom. The number of piperidine rings is 2. The molecule has 0 aromatic carbocycles. The largest absolute Gasteiger partial charge is 0.453 e. The van der Waals surface area contributed by atoms with Gasteiger partial charge in [-0.25, -0.2) is 4.79 Å². The fourth-order valence-corrected chi connectivity index (χ4v) is 4.04. The minimum Gasteiger partial charge on any atom is -0.453 e. The monoisotopic (exact) mass is 374 g/mol. The van der Waals surface area contributed by atoms with Crippen LogP contribution in [0.1, 0.15) is 31.2 Å². The van der Waals surface area contributed by atoms with Gasteiger partial charge in [-0.3, -0.25) is 14.6 Å². The molecular formula is C19H26N4O4. The number of rotatable bonds is 4. The molecule has 1 aromatic rings. The molecule has 1 unspecified atom stereocenters. The molecule has 2 aliphatic rings. The molecule has 1 atom stereocenters. The number of amides is 3. The molecule has 27 heavy (non-hydrogen) atoms. The molecule has 0 saturated carbocycles. The number of carbonyl (C=O) groups excluding carboxylic acids is 3. The van der Waals surface area contributed by atoms with Crippen LogP contribution in [0.5, 0.6) is 0 Å². The average Bonchev–Trinajstić information content (AvgIpc) is 2.69. The topological polar surface area (TPSA) is 91.8 Å². The number of nitrogens with zero attached hydrogens (tertiary/aromatic N) is 3. The van der Waals surface area contributed by atoms with E-state index in [-0.39, 0.29) is 23.8 Å². The Hall–Kier alpha value is -2.64. The van der Waals surface area contributed by atoms with Gasteiger partial charge < -0.3 is 19.9 Å². The lowest BCUT2D eigenvalue weighted by atomic mass is 9.73. The van der Waals surface area contributed by atoms with E-state index in [0.717, 1.165) is 24.8 Å². The van der Waals surface area contributed by atoms with E-state index in [0.29, 0.717) is 32.6 Å². The predicted molar refractivity (Wildman–Crippen MR) is 97.5 cm³/mol. The van der Waals surface area contributed by atoms with Crippen molar-refractivity contribution in [2.24, 2.45) is 5.41 Å². The molecule has 1 N–H and O–H groups in total. The number of ether oxygens (including phenoxy) is 1. The SMILES string of the molecule is COC(=O)NCC(=O)N1CCCC2(CCC(=O)N(Cc3cccnc3)C2)C1. The second kappa shape index (κ2) is 8.37. The molecule has 8 nitrogen and oxygen atoms in total. The molecule has 3 rings (SSSR count). The summed E-state index contributed by atoms with van der Waals surface area (Å²) >= 11 is 0. The molecule has 146 valence electrons. The van der Waals surface area contributed by atoms with Gasteiger partial charge in [0, 0.05) is 50.4 Å². The van der Waals surface area contributed by atoms with E-state index in [1.165, 1.54) is 7.11 Å². The fraction of sp³-hybridized carbons (Fsp3) is 0.579. The maximum atomic E-state index is 12.4. The zero-order valence-corrected chi connectivity index (χ0v) is 15.6. The van der Waals surface area contributed by atoms with E-state index in [9.17, 15) is 14.4 Å². The van der Waals surface area contributed by atoms with Gasteiger partial charge in [-0.2, -0.15) is 0 Å². The quantitative estimate of drug-likeness (QED) is 0.854. The molecule has 2 saturated heterocycles. The van der Waals surface area contributed by atoms with Gasteiger partial charge in [0.25, 0.3) is 0 Å². The van der Waals surface area contributed by atoms with Crippen molar-refractivity contribution in [2.75, 3.05) is 33.3 Å². The zero-order chi connectivity index (χ0) is 19.3. The van der Waals surface area contributed by atoms with Crippen LogP contribution in [0.15, 0.2) is 24.5 Å². The summed E-state index contributed by atoms with van der Waals surface area (Å²) in [6, 6.07) is 3.84. The number of hydrogen-bond acceptors (Lipinski definition) is 5. The van der Waals surface area contributed by atoms with Crippen LogP contribution in [0.3, 0.4) is 0 Å². The molecule has 0 aliphatic carbocycles. The van der Waals surface area contributed by atoms with Gasteiger partial charge in [-0.1, -0.05) is 6.07 Å². The van der Waals surface area contributed by atoms with Crippen LogP contribution < -0.4 is 5.32 Å². The summed E-state index contributed by atoms with van der Waals surface area (Å²) in [6.45, 7) is 2.42. The Bertz CT molecular complexity index is 696. The maximum Gasteiger partial charge on any atom is 0.407 e. The van der Waals surface area contributed by atoms with Gasteiger partial charge in [0.15, 0.2) is 0 Å². The van der Waals surface area contributed by atoms with Crippen molar-refractivity contribution in [3.63, 3.8) is 0 Å². The van der Waals surface area contributed by atoms with Crippen LogP contribution >= 0.6 is 0 Å². The number of carbonyl (C=O) groups is 3. The van der Waals surface area contributed by atoms with Crippen molar-refractivity contribution in [3.05, 3.63) is 30.1 Å². The Kier molecular flexibility index (Phi) is 5.93. The number of likely N-dealkylation sites (tertiary alicyclic amines) is 2. The third-order valence-corrected chi connectivity index (χ3v) is 5.43. The lowest BCUT2D eigenvalue weighted by molar-refractivity contribution is -0.143. The molecule has 3 heterocycles. The number of hydrogen-bond donors (Lipinski definition) is 1. The van der Waals surface area contributed by atoms with Crippen LogP contribution in [0, 0.1) is 5.41 Å². The lowest BCUT2D eigenvalue weighted by Crippen LogP contribution is -2.55. The second-order valence-electron chi connectivity index (χ2n) is 7.38. The van der Waals surface area contributed by atoms with Crippen molar-refractivity contribution >= 4 is 17.9 Å². The highest BCUT2D eigenvalue weighted by Gasteiger charge is 2.42. The second-order valence-corrected chi connectivity index (χ2v) is 7.38. The van der Waals surface area contributed by atoms with Crippen LogP contribution in [-0.4, -0.2) is 66.0 Å². The van der Waals surface area contributed by atoms with Crippen molar-refractivity contribution in [1.29, 1.82) is 0 Å². The lowest BCUT2D eigenvalue weighted by Gasteiger charge is -2.48. The fourth-order valence-electron chi connectivity index (χ4n) is 4.04. The van der Waals surface area contributed by atoms with E-state index < -0.39 is 6.09 Å². The molecule has 2 fully saturated rings. The first-order valence-electron chi connectivity index (χ1n) is 9.28. The van der Waals surface area contributed by atoms with Crippen LogP contribution in [0.25, 0.3) is 0 Å². The van der Waals surface area contributed by atoms with Gasteiger partial charge in [0.05, 0.1) is 7.11 Å². The highest BCUT2D eigenvalue weighted by Crippen LogP contribution is 2.39. The van der Waals surface area contributed by atoms with Crippen molar-refractivity contribution in [3.8, 4) is 0 Å². The van der Waals surface area contributed by atoms with Crippen molar-refractivity contribution in [2.45, 2.75) is 32.2 Å². The van der Waals surface area contributed by atoms with E-state index >= 15 is 0 Å². The van der Waals surface area contributed by atoms with Gasteiger partial charge in [0.2, 0.25) is 11.8 Å². The molecule has 3 amide bonds. The van der Waals surface area contributed by atoms with Gasteiger partial charge in [0.1, 0.15) is 6.54 Å². The van der Waals surface area contributed by atoms with Crippen molar-refractivity contribution in [1.82, 2.24) is 20.1 Å². The molecule has 1 aromatic heterocycles. The summed E-state index contributed by atoms with van der Waals surface area (Å²) in [6.07, 6.45) is 6.09. The summed E-state index contributed by atoms with van der Waals surface area (Å²) in [5.41, 5.74) is 0.934. The highest BCUT2D eigenvalue weighted by atomic mass is 16.5. The average molecular weight is 374 g/mol. The number of pyridine rings is 1. The first kappa shape index (κ1) is 19.1. The molecule has 0 radical (unpaired) electrons. The number of alkyl carbamates (subject to hydrolysis) is 1. The van der Waals surface area contributed by atoms with Crippen LogP contribution in [0.2, 0.25) is 0 Å². The molecule has 0 bridgehead atoms. The van der Waals surface area contributed by atoms with E-state index in [2.05, 4.69) is 15.0 Å². The Morgan fingerprint density at radius 1 is 1.33 bits per heavy atom. The smallest absolute Gasteiger partial charge is 0.407 e. The van der Waals surface area contributed by atoms with Crippen LogP contribution in [0.4, 0.5) is 4.79 Å². The highest BCUT2D eigenvalue weighted by molar-refractivity contribution is 5.82. The van der Waals surface area contributed by atoms with Crippen molar-refractivity contribution < 1.29 is 19.1 Å². The van der Waals surface area contributed by atoms with Gasteiger partial charge in [-0.15, -0.1) is 0 Å². The number of methoxy groups -OCH3 is 1. The third kappa shape index (κ3) is 4.75. The summed E-state index contributed by atoms with van der Waals surface area (Å²) in [5, 5.41) is 2.45. The normalized spacial score (nSPS) is 22.6. The summed E-state index contributed by atoms with van der Waals surface area (Å²) in [4.78, 5) is 43.9. The van der Waals surface area contributed by atoms with E-state index in [4.69, 9.17) is 0 Å². The predicted octanol–water partition coefficient (Wildman–Crippen LogP) is 1.17. The first-order valence-corrected chi connectivity index (χ1v) is 9.28.